The first-order chi connectivity index (χ1) is 12.5. The Bertz CT molecular complexity index is 1090. The summed E-state index contributed by atoms with van der Waals surface area (Å²) in [6.45, 7) is 4.00. The van der Waals surface area contributed by atoms with Gasteiger partial charge in [0.05, 0.1) is 29.7 Å². The zero-order chi connectivity index (χ0) is 18.3. The molecular formula is C19H16ClN3O2S. The molecule has 7 heteroatoms. The number of methoxy groups -OCH3 is 1. The van der Waals surface area contributed by atoms with Crippen LogP contribution in [-0.2, 0) is 0 Å². The van der Waals surface area contributed by atoms with Crippen molar-refractivity contribution < 1.29 is 9.47 Å². The number of rotatable bonds is 4. The van der Waals surface area contributed by atoms with Crippen molar-refractivity contribution in [3.63, 3.8) is 0 Å². The van der Waals surface area contributed by atoms with E-state index in [1.54, 1.807) is 19.4 Å². The number of halogens is 1. The third kappa shape index (κ3) is 3.02. The molecule has 0 bridgehead atoms. The molecule has 4 aromatic heterocycles. The summed E-state index contributed by atoms with van der Waals surface area (Å²) in [5, 5.41) is 3.48. The number of aromatic nitrogens is 3. The first kappa shape index (κ1) is 16.9. The summed E-state index contributed by atoms with van der Waals surface area (Å²) in [5.41, 5.74) is 4.82. The number of aryl methyl sites for hydroxylation is 2. The summed E-state index contributed by atoms with van der Waals surface area (Å²) in [5.74, 6) is 1.21. The third-order valence-corrected chi connectivity index (χ3v) is 5.06. The monoisotopic (exact) mass is 385 g/mol. The molecule has 0 unspecified atom stereocenters. The lowest BCUT2D eigenvalue weighted by Crippen LogP contribution is -1.90. The standard InChI is InChI=1S/C19H16ClN3O2S/c1-11-6-15(20)19-22-12(2)18(23(19)9-11)13-7-17(26-10-13)25-14-4-5-16(24-3)21-8-14/h4-10H,1-3H3. The molecule has 4 rings (SSSR count). The Balaban J connectivity index is 1.69. The minimum atomic E-state index is 0.554. The maximum atomic E-state index is 6.35. The first-order valence-electron chi connectivity index (χ1n) is 7.97. The Kier molecular flexibility index (Phi) is 4.30. The van der Waals surface area contributed by atoms with E-state index in [0.717, 1.165) is 33.2 Å². The fourth-order valence-corrected chi connectivity index (χ4v) is 3.92. The van der Waals surface area contributed by atoms with Crippen molar-refractivity contribution in [1.29, 1.82) is 0 Å². The molecule has 0 amide bonds. The van der Waals surface area contributed by atoms with Crippen molar-refractivity contribution in [3.8, 4) is 28.0 Å². The molecule has 26 heavy (non-hydrogen) atoms. The van der Waals surface area contributed by atoms with Gasteiger partial charge in [0.2, 0.25) is 5.88 Å². The molecule has 0 spiro atoms. The van der Waals surface area contributed by atoms with Crippen LogP contribution in [-0.4, -0.2) is 21.5 Å². The van der Waals surface area contributed by atoms with E-state index in [0.29, 0.717) is 16.7 Å². The van der Waals surface area contributed by atoms with Gasteiger partial charge < -0.3 is 9.47 Å². The number of hydrogen-bond donors (Lipinski definition) is 0. The van der Waals surface area contributed by atoms with Crippen molar-refractivity contribution >= 4 is 28.6 Å². The van der Waals surface area contributed by atoms with Gasteiger partial charge in [-0.3, -0.25) is 4.40 Å². The molecule has 0 aliphatic heterocycles. The second-order valence-corrected chi connectivity index (χ2v) is 7.18. The highest BCUT2D eigenvalue weighted by Gasteiger charge is 2.15. The lowest BCUT2D eigenvalue weighted by Gasteiger charge is -2.04. The van der Waals surface area contributed by atoms with Crippen LogP contribution < -0.4 is 9.47 Å². The molecular weight excluding hydrogens is 370 g/mol. The predicted octanol–water partition coefficient (Wildman–Crippen LogP) is 5.53. The van der Waals surface area contributed by atoms with Crippen molar-refractivity contribution in [3.05, 3.63) is 58.3 Å². The van der Waals surface area contributed by atoms with Gasteiger partial charge in [-0.05, 0) is 31.5 Å². The summed E-state index contributed by atoms with van der Waals surface area (Å²) in [6.07, 6.45) is 3.68. The Labute approximate surface area is 159 Å². The number of thiophene rings is 1. The summed E-state index contributed by atoms with van der Waals surface area (Å²) < 4.78 is 13.0. The minimum absolute atomic E-state index is 0.554. The van der Waals surface area contributed by atoms with Crippen LogP contribution in [0.15, 0.2) is 42.0 Å². The highest BCUT2D eigenvalue weighted by atomic mass is 35.5. The number of nitrogens with zero attached hydrogens (tertiary/aromatic N) is 3. The van der Waals surface area contributed by atoms with Gasteiger partial charge >= 0.3 is 0 Å². The average Bonchev–Trinajstić information content (AvgIpc) is 3.19. The van der Waals surface area contributed by atoms with E-state index in [9.17, 15) is 0 Å². The van der Waals surface area contributed by atoms with Gasteiger partial charge in [0, 0.05) is 29.3 Å². The molecule has 132 valence electrons. The van der Waals surface area contributed by atoms with Crippen LogP contribution in [0.25, 0.3) is 16.9 Å². The van der Waals surface area contributed by atoms with E-state index < -0.39 is 0 Å². The Morgan fingerprint density at radius 1 is 1.19 bits per heavy atom. The van der Waals surface area contributed by atoms with Gasteiger partial charge in [0.25, 0.3) is 0 Å². The maximum absolute atomic E-state index is 6.35. The lowest BCUT2D eigenvalue weighted by atomic mass is 10.2. The van der Waals surface area contributed by atoms with Gasteiger partial charge in [-0.2, -0.15) is 0 Å². The topological polar surface area (TPSA) is 48.7 Å². The van der Waals surface area contributed by atoms with Crippen LogP contribution in [0.3, 0.4) is 0 Å². The zero-order valence-corrected chi connectivity index (χ0v) is 16.1. The van der Waals surface area contributed by atoms with Gasteiger partial charge in [0.15, 0.2) is 10.7 Å². The van der Waals surface area contributed by atoms with Crippen LogP contribution in [0.1, 0.15) is 11.3 Å². The molecule has 0 saturated heterocycles. The fourth-order valence-electron chi connectivity index (χ4n) is 2.85. The predicted molar refractivity (Wildman–Crippen MR) is 104 cm³/mol. The largest absolute Gasteiger partial charge is 0.481 e. The fraction of sp³-hybridized carbons (Fsp3) is 0.158. The van der Waals surface area contributed by atoms with Gasteiger partial charge in [-0.15, -0.1) is 11.3 Å². The van der Waals surface area contributed by atoms with E-state index in [2.05, 4.69) is 15.3 Å². The SMILES string of the molecule is COc1ccc(Oc2cc(-c3c(C)nc4c(Cl)cc(C)cn34)cs2)cn1. The molecule has 5 nitrogen and oxygen atoms in total. The maximum Gasteiger partial charge on any atom is 0.213 e. The number of hydrogen-bond acceptors (Lipinski definition) is 5. The number of pyridine rings is 2. The summed E-state index contributed by atoms with van der Waals surface area (Å²) in [4.78, 5) is 8.77. The molecule has 4 heterocycles. The number of fused-ring (bicyclic) bond motifs is 1. The quantitative estimate of drug-likeness (QED) is 0.463. The Hall–Kier alpha value is -2.57. The van der Waals surface area contributed by atoms with Crippen LogP contribution in [0.5, 0.6) is 16.7 Å². The lowest BCUT2D eigenvalue weighted by molar-refractivity contribution is 0.395. The van der Waals surface area contributed by atoms with Gasteiger partial charge in [0.1, 0.15) is 5.75 Å². The van der Waals surface area contributed by atoms with Crippen molar-refractivity contribution in [2.75, 3.05) is 7.11 Å². The summed E-state index contributed by atoms with van der Waals surface area (Å²) >= 11 is 7.87. The second-order valence-electron chi connectivity index (χ2n) is 5.90. The number of ether oxygens (including phenoxy) is 2. The summed E-state index contributed by atoms with van der Waals surface area (Å²) in [6, 6.07) is 7.52. The Morgan fingerprint density at radius 3 is 2.77 bits per heavy atom. The van der Waals surface area contributed by atoms with Gasteiger partial charge in [-0.1, -0.05) is 11.6 Å². The molecule has 0 aliphatic carbocycles. The van der Waals surface area contributed by atoms with Crippen LogP contribution in [0.4, 0.5) is 0 Å². The molecule has 0 aromatic carbocycles. The normalized spacial score (nSPS) is 11.1. The van der Waals surface area contributed by atoms with E-state index in [1.165, 1.54) is 11.3 Å². The van der Waals surface area contributed by atoms with Gasteiger partial charge in [-0.25, -0.2) is 9.97 Å². The van der Waals surface area contributed by atoms with Crippen molar-refractivity contribution in [2.24, 2.45) is 0 Å². The van der Waals surface area contributed by atoms with Crippen LogP contribution in [0.2, 0.25) is 5.02 Å². The molecule has 0 N–H and O–H groups in total. The molecule has 0 saturated carbocycles. The molecule has 0 aliphatic rings. The zero-order valence-electron chi connectivity index (χ0n) is 14.5. The summed E-state index contributed by atoms with van der Waals surface area (Å²) in [7, 11) is 1.58. The van der Waals surface area contributed by atoms with Crippen LogP contribution in [0, 0.1) is 13.8 Å². The van der Waals surface area contributed by atoms with E-state index >= 15 is 0 Å². The van der Waals surface area contributed by atoms with E-state index in [1.807, 2.05) is 42.6 Å². The minimum Gasteiger partial charge on any atom is -0.481 e. The molecule has 0 atom stereocenters. The molecule has 0 fully saturated rings. The van der Waals surface area contributed by atoms with E-state index in [-0.39, 0.29) is 0 Å². The Morgan fingerprint density at radius 2 is 2.04 bits per heavy atom. The molecule has 0 radical (unpaired) electrons. The number of imidazole rings is 1. The van der Waals surface area contributed by atoms with E-state index in [4.69, 9.17) is 21.1 Å². The van der Waals surface area contributed by atoms with Crippen LogP contribution >= 0.6 is 22.9 Å². The first-order valence-corrected chi connectivity index (χ1v) is 9.22. The third-order valence-electron chi connectivity index (χ3n) is 3.97. The smallest absolute Gasteiger partial charge is 0.213 e. The van der Waals surface area contributed by atoms with Crippen molar-refractivity contribution in [2.45, 2.75) is 13.8 Å². The van der Waals surface area contributed by atoms with Crippen molar-refractivity contribution in [1.82, 2.24) is 14.4 Å². The highest BCUT2D eigenvalue weighted by molar-refractivity contribution is 7.12. The highest BCUT2D eigenvalue weighted by Crippen LogP contribution is 2.36. The average molecular weight is 386 g/mol. The molecule has 4 aromatic rings. The second kappa shape index (κ2) is 6.63.